The zero-order valence-corrected chi connectivity index (χ0v) is 24.2. The fourth-order valence-electron chi connectivity index (χ4n) is 4.77. The summed E-state index contributed by atoms with van der Waals surface area (Å²) < 4.78 is 61.0. The third kappa shape index (κ3) is 8.29. The minimum absolute atomic E-state index is 0.100. The number of esters is 1. The summed E-state index contributed by atoms with van der Waals surface area (Å²) >= 11 is 6.14. The maximum absolute atomic E-state index is 13.6. The van der Waals surface area contributed by atoms with Crippen molar-refractivity contribution in [1.29, 1.82) is 0 Å². The Kier molecular flexibility index (Phi) is 10.4. The largest absolute Gasteiger partial charge is 0.495 e. The quantitative estimate of drug-likeness (QED) is 0.275. The number of rotatable bonds is 10. The van der Waals surface area contributed by atoms with Crippen molar-refractivity contribution in [2.45, 2.75) is 44.0 Å². The number of benzene rings is 2. The van der Waals surface area contributed by atoms with E-state index in [1.807, 2.05) is 0 Å². The molecule has 1 aromatic heterocycles. The summed E-state index contributed by atoms with van der Waals surface area (Å²) in [5, 5.41) is 2.98. The highest BCUT2D eigenvalue weighted by Gasteiger charge is 2.31. The number of ether oxygens (including phenoxy) is 4. The van der Waals surface area contributed by atoms with Gasteiger partial charge in [-0.3, -0.25) is 14.2 Å². The van der Waals surface area contributed by atoms with E-state index < -0.39 is 36.3 Å². The van der Waals surface area contributed by atoms with Crippen LogP contribution in [0.1, 0.15) is 42.1 Å². The highest BCUT2D eigenvalue weighted by molar-refractivity contribution is 6.31. The van der Waals surface area contributed by atoms with Crippen LogP contribution in [-0.2, 0) is 14.3 Å². The summed E-state index contributed by atoms with van der Waals surface area (Å²) in [6, 6.07) is 10.2. The van der Waals surface area contributed by atoms with E-state index >= 15 is 0 Å². The van der Waals surface area contributed by atoms with Gasteiger partial charge in [-0.15, -0.1) is 0 Å². The van der Waals surface area contributed by atoms with Crippen LogP contribution in [0.15, 0.2) is 59.5 Å². The maximum Gasteiger partial charge on any atom is 0.422 e. The number of carbonyl (C=O) groups is 2. The van der Waals surface area contributed by atoms with Crippen molar-refractivity contribution in [3.8, 4) is 22.6 Å². The Morgan fingerprint density at radius 1 is 1.07 bits per heavy atom. The first kappa shape index (κ1) is 31.9. The first-order valence-electron chi connectivity index (χ1n) is 13.4. The fraction of sp³-hybridized carbons (Fsp3) is 0.367. The molecule has 1 amide bonds. The molecule has 2 atom stereocenters. The van der Waals surface area contributed by atoms with Gasteiger partial charge in [0.1, 0.15) is 17.5 Å². The average Bonchev–Trinajstić information content (AvgIpc) is 2.99. The molecule has 2 aromatic carbocycles. The second kappa shape index (κ2) is 14.0. The number of anilines is 1. The van der Waals surface area contributed by atoms with Crippen molar-refractivity contribution in [2.75, 3.05) is 32.8 Å². The Balaban J connectivity index is 1.71. The van der Waals surface area contributed by atoms with Crippen molar-refractivity contribution in [1.82, 2.24) is 4.57 Å². The first-order valence-corrected chi connectivity index (χ1v) is 13.8. The number of amides is 1. The van der Waals surface area contributed by atoms with Gasteiger partial charge in [0.15, 0.2) is 6.61 Å². The number of carbonyl (C=O) groups excluding carboxylic acids is 2. The van der Waals surface area contributed by atoms with Crippen LogP contribution in [-0.4, -0.2) is 56.2 Å². The molecule has 0 radical (unpaired) electrons. The summed E-state index contributed by atoms with van der Waals surface area (Å²) in [5.74, 6) is -1.11. The van der Waals surface area contributed by atoms with Gasteiger partial charge in [0.05, 0.1) is 32.1 Å². The van der Waals surface area contributed by atoms with Crippen molar-refractivity contribution in [2.24, 2.45) is 0 Å². The molecule has 1 aliphatic rings. The lowest BCUT2D eigenvalue weighted by molar-refractivity contribution is -0.153. The molecule has 0 bridgehead atoms. The Bertz CT molecular complexity index is 1500. The summed E-state index contributed by atoms with van der Waals surface area (Å²) in [5.41, 5.74) is 0.308. The number of hydrogen-bond donors (Lipinski definition) is 1. The lowest BCUT2D eigenvalue weighted by Gasteiger charge is -2.28. The Morgan fingerprint density at radius 2 is 1.79 bits per heavy atom. The number of nitrogens with one attached hydrogen (secondary N) is 1. The highest BCUT2D eigenvalue weighted by atomic mass is 35.5. The summed E-state index contributed by atoms with van der Waals surface area (Å²) in [6.07, 6.45) is -0.887. The van der Waals surface area contributed by atoms with Gasteiger partial charge in [0, 0.05) is 40.9 Å². The molecule has 3 aromatic rings. The van der Waals surface area contributed by atoms with Crippen LogP contribution < -0.4 is 20.3 Å². The van der Waals surface area contributed by atoms with Gasteiger partial charge in [-0.25, -0.2) is 4.79 Å². The van der Waals surface area contributed by atoms with E-state index in [1.165, 1.54) is 67.4 Å². The molecule has 13 heteroatoms. The van der Waals surface area contributed by atoms with E-state index in [0.29, 0.717) is 24.3 Å². The maximum atomic E-state index is 13.6. The predicted octanol–water partition coefficient (Wildman–Crippen LogP) is 6.04. The lowest BCUT2D eigenvalue weighted by atomic mass is 10.00. The third-order valence-corrected chi connectivity index (χ3v) is 7.09. The molecule has 1 saturated heterocycles. The average molecular weight is 623 g/mol. The number of alkyl halides is 3. The SMILES string of the molecule is COC(=O)c1ccc(NC(=O)C(CC2CCCCO2)n2cc(OC)c(-c3cc(Cl)ccc3OCC(F)(F)F)cc2=O)cc1. The smallest absolute Gasteiger partial charge is 0.422 e. The van der Waals surface area contributed by atoms with Crippen LogP contribution in [0.4, 0.5) is 18.9 Å². The fourth-order valence-corrected chi connectivity index (χ4v) is 4.94. The predicted molar refractivity (Wildman–Crippen MR) is 153 cm³/mol. The molecule has 1 aliphatic heterocycles. The minimum Gasteiger partial charge on any atom is -0.495 e. The molecule has 9 nitrogen and oxygen atoms in total. The van der Waals surface area contributed by atoms with Crippen molar-refractivity contribution in [3.63, 3.8) is 0 Å². The summed E-state index contributed by atoms with van der Waals surface area (Å²) in [7, 11) is 2.59. The standard InChI is InChI=1S/C30H30ClF3N2O7/c1-40-26-16-36(27(37)15-23(26)22-13-19(31)8-11-25(22)43-17-30(32,33)34)24(14-21-5-3-4-12-42-21)28(38)35-20-9-6-18(7-10-20)29(39)41-2/h6-11,13,15-16,21,24H,3-5,12,14,17H2,1-2H3,(H,35,38). The van der Waals surface area contributed by atoms with Crippen LogP contribution in [0.2, 0.25) is 5.02 Å². The van der Waals surface area contributed by atoms with E-state index in [1.54, 1.807) is 0 Å². The number of nitrogens with zero attached hydrogens (tertiary/aromatic N) is 1. The molecule has 4 rings (SSSR count). The van der Waals surface area contributed by atoms with Crippen LogP contribution in [0.5, 0.6) is 11.5 Å². The summed E-state index contributed by atoms with van der Waals surface area (Å²) in [4.78, 5) is 39.0. The third-order valence-electron chi connectivity index (χ3n) is 6.86. The second-order valence-corrected chi connectivity index (χ2v) is 10.3. The van der Waals surface area contributed by atoms with Gasteiger partial charge in [-0.05, 0) is 61.7 Å². The molecule has 43 heavy (non-hydrogen) atoms. The van der Waals surface area contributed by atoms with Crippen LogP contribution in [0.25, 0.3) is 11.1 Å². The molecule has 2 unspecified atom stereocenters. The molecule has 230 valence electrons. The van der Waals surface area contributed by atoms with Gasteiger partial charge in [0.2, 0.25) is 5.91 Å². The van der Waals surface area contributed by atoms with E-state index in [0.717, 1.165) is 18.9 Å². The monoisotopic (exact) mass is 622 g/mol. The normalized spacial score (nSPS) is 15.8. The number of hydrogen-bond acceptors (Lipinski definition) is 7. The van der Waals surface area contributed by atoms with Gasteiger partial charge >= 0.3 is 12.1 Å². The second-order valence-electron chi connectivity index (χ2n) is 9.84. The first-order chi connectivity index (χ1) is 20.5. The van der Waals surface area contributed by atoms with Crippen LogP contribution in [0.3, 0.4) is 0 Å². The Hall–Kier alpha value is -4.03. The zero-order chi connectivity index (χ0) is 31.1. The number of methoxy groups -OCH3 is 2. The van der Waals surface area contributed by atoms with Crippen molar-refractivity contribution < 1.29 is 41.7 Å². The van der Waals surface area contributed by atoms with E-state index in [-0.39, 0.29) is 40.2 Å². The Morgan fingerprint density at radius 3 is 2.42 bits per heavy atom. The van der Waals surface area contributed by atoms with Gasteiger partial charge < -0.3 is 24.3 Å². The molecule has 1 fully saturated rings. The molecular weight excluding hydrogens is 593 g/mol. The van der Waals surface area contributed by atoms with E-state index in [4.69, 9.17) is 30.5 Å². The zero-order valence-electron chi connectivity index (χ0n) is 23.4. The van der Waals surface area contributed by atoms with Gasteiger partial charge in [0.25, 0.3) is 5.56 Å². The van der Waals surface area contributed by atoms with Crippen molar-refractivity contribution in [3.05, 3.63) is 75.7 Å². The lowest BCUT2D eigenvalue weighted by Crippen LogP contribution is -2.36. The Labute approximate surface area is 250 Å². The molecular formula is C30H30ClF3N2O7. The topological polar surface area (TPSA) is 105 Å². The molecule has 0 saturated carbocycles. The van der Waals surface area contributed by atoms with E-state index in [9.17, 15) is 27.6 Å². The molecule has 2 heterocycles. The van der Waals surface area contributed by atoms with Gasteiger partial charge in [-0.1, -0.05) is 11.6 Å². The van der Waals surface area contributed by atoms with Crippen LogP contribution >= 0.6 is 11.6 Å². The van der Waals surface area contributed by atoms with Gasteiger partial charge in [-0.2, -0.15) is 13.2 Å². The van der Waals surface area contributed by atoms with E-state index in [2.05, 4.69) is 5.32 Å². The van der Waals surface area contributed by atoms with Crippen molar-refractivity contribution >= 4 is 29.2 Å². The van der Waals surface area contributed by atoms with Crippen LogP contribution in [0, 0.1) is 0 Å². The number of aromatic nitrogens is 1. The summed E-state index contributed by atoms with van der Waals surface area (Å²) in [6.45, 7) is -1.02. The molecule has 1 N–H and O–H groups in total. The number of pyridine rings is 1. The number of halogens is 4. The molecule has 0 spiro atoms. The highest BCUT2D eigenvalue weighted by Crippen LogP contribution is 2.38. The molecule has 0 aliphatic carbocycles. The minimum atomic E-state index is -4.59.